The maximum Gasteiger partial charge on any atom is 0.329 e. The predicted octanol–water partition coefficient (Wildman–Crippen LogP) is 6.05. The van der Waals surface area contributed by atoms with Gasteiger partial charge in [-0.25, -0.2) is 9.48 Å². The molecular weight excluding hydrogens is 887 g/mol. The molecule has 1 aromatic heterocycles. The van der Waals surface area contributed by atoms with Crippen LogP contribution in [0.25, 0.3) is 0 Å². The van der Waals surface area contributed by atoms with E-state index in [2.05, 4.69) is 15.5 Å². The fraction of sp³-hybridized carbons (Fsp3) is 0.731. The Kier molecular flexibility index (Phi) is 20.8. The highest BCUT2D eigenvalue weighted by atomic mass is 16.6. The number of ketones is 3. The lowest BCUT2D eigenvalue weighted by Gasteiger charge is -2.42. The molecule has 1 saturated carbocycles. The number of aliphatic hydroxyl groups is 2. The summed E-state index contributed by atoms with van der Waals surface area (Å²) in [4.78, 5) is 72.3. The van der Waals surface area contributed by atoms with Gasteiger partial charge >= 0.3 is 5.97 Å². The molecular formula is C52H79N5O12. The molecule has 0 radical (unpaired) electrons. The van der Waals surface area contributed by atoms with E-state index >= 15 is 0 Å². The zero-order valence-electron chi connectivity index (χ0n) is 42.5. The predicted molar refractivity (Wildman–Crippen MR) is 256 cm³/mol. The summed E-state index contributed by atoms with van der Waals surface area (Å²) in [7, 11) is 4.63. The van der Waals surface area contributed by atoms with Gasteiger partial charge < -0.3 is 38.8 Å². The van der Waals surface area contributed by atoms with Crippen LogP contribution in [-0.4, -0.2) is 141 Å². The molecule has 17 heteroatoms. The summed E-state index contributed by atoms with van der Waals surface area (Å²) in [5.41, 5.74) is 1.20. The van der Waals surface area contributed by atoms with Gasteiger partial charge in [0.25, 0.3) is 11.7 Å². The Morgan fingerprint density at radius 3 is 2.33 bits per heavy atom. The van der Waals surface area contributed by atoms with Crippen LogP contribution in [0.4, 0.5) is 0 Å². The second kappa shape index (κ2) is 25.7. The smallest absolute Gasteiger partial charge is 0.329 e. The Labute approximate surface area is 408 Å². The van der Waals surface area contributed by atoms with Crippen molar-refractivity contribution in [1.29, 1.82) is 0 Å². The van der Waals surface area contributed by atoms with E-state index in [4.69, 9.17) is 23.7 Å². The first-order chi connectivity index (χ1) is 32.8. The van der Waals surface area contributed by atoms with Crippen LogP contribution < -0.4 is 0 Å². The van der Waals surface area contributed by atoms with E-state index in [1.54, 1.807) is 52.1 Å². The number of aromatic nitrogens is 4. The SMILES string of the molecule is COC1C(=O)C(C)C[C@H](C)C=CC=CC=C(C)[C@@H](OC)C[C@@H]2CC[C@@H](C)[C@@](O)(O2)C(=O)C(=O)N2CCCCC2C(=O)O[C@H]([C@H](C)C[C@@H]2CC[C@H](n3cnnn3)[C@H](OC)C2)CC(=O)C(C)=CC(C)[C@H]1O. The largest absolute Gasteiger partial charge is 0.460 e. The molecule has 4 heterocycles. The summed E-state index contributed by atoms with van der Waals surface area (Å²) in [5.74, 6) is -7.89. The van der Waals surface area contributed by atoms with E-state index in [-0.39, 0.29) is 60.9 Å². The average Bonchev–Trinajstić information content (AvgIpc) is 3.88. The molecule has 15 atom stereocenters. The van der Waals surface area contributed by atoms with Crippen molar-refractivity contribution in [2.24, 2.45) is 35.5 Å². The van der Waals surface area contributed by atoms with Crippen LogP contribution in [0, 0.1) is 35.5 Å². The van der Waals surface area contributed by atoms with Crippen molar-refractivity contribution in [2.75, 3.05) is 27.9 Å². The Morgan fingerprint density at radius 1 is 0.899 bits per heavy atom. The highest BCUT2D eigenvalue weighted by Crippen LogP contribution is 2.39. The number of allylic oxidation sites excluding steroid dienone is 6. The van der Waals surface area contributed by atoms with Gasteiger partial charge in [0.05, 0.1) is 30.5 Å². The first-order valence-electron chi connectivity index (χ1n) is 25.0. The van der Waals surface area contributed by atoms with Crippen molar-refractivity contribution in [3.8, 4) is 0 Å². The number of carbonyl (C=O) groups excluding carboxylic acids is 5. The molecule has 2 N–H and O–H groups in total. The number of tetrazole rings is 1. The minimum atomic E-state index is -2.43. The summed E-state index contributed by atoms with van der Waals surface area (Å²) in [5, 5.41) is 35.2. The van der Waals surface area contributed by atoms with Gasteiger partial charge in [0.1, 0.15) is 24.6 Å². The lowest BCUT2D eigenvalue weighted by atomic mass is 9.77. The molecule has 69 heavy (non-hydrogen) atoms. The van der Waals surface area contributed by atoms with E-state index in [0.29, 0.717) is 56.9 Å². The molecule has 5 rings (SSSR count). The van der Waals surface area contributed by atoms with Crippen LogP contribution >= 0.6 is 0 Å². The van der Waals surface area contributed by atoms with Crippen molar-refractivity contribution in [1.82, 2.24) is 25.1 Å². The topological polar surface area (TPSA) is 219 Å². The molecule has 0 spiro atoms. The standard InChI is InChI=1S/C52H79N5O12/c1-31-16-12-11-13-17-32(2)43(65-8)28-39-21-19-37(7)52(64,69-39)49(61)50(62)56-23-15-14-18-41(56)51(63)68-44(34(4)26-38-20-22-40(45(27-38)66-9)57-30-53-54-55-57)29-42(58)33(3)25-36(6)47(60)48(67-10)46(59)35(5)24-31/h11-13,16-17,25,30-31,34-41,43-45,47-48,60,64H,14-15,18-24,26-29H2,1-10H3/t31-,34-,35?,36?,37-,38+,39+,40+,41?,43+,44+,45-,47-,48?,52-/m1/s1. The van der Waals surface area contributed by atoms with Crippen LogP contribution in [0.3, 0.4) is 0 Å². The van der Waals surface area contributed by atoms with Crippen LogP contribution in [0.2, 0.25) is 0 Å². The molecule has 0 aromatic carbocycles. The van der Waals surface area contributed by atoms with Gasteiger partial charge in [0, 0.05) is 58.5 Å². The van der Waals surface area contributed by atoms with Crippen molar-refractivity contribution >= 4 is 29.2 Å². The number of Topliss-reactive ketones (excluding diaryl/α,β-unsaturated/α-hetero) is 3. The Morgan fingerprint density at radius 2 is 1.65 bits per heavy atom. The molecule has 17 nitrogen and oxygen atoms in total. The summed E-state index contributed by atoms with van der Waals surface area (Å²) in [6, 6.07) is -1.20. The number of fused-ring (bicyclic) bond motifs is 3. The maximum atomic E-state index is 14.5. The third-order valence-electron chi connectivity index (χ3n) is 15.2. The summed E-state index contributed by atoms with van der Waals surface area (Å²) in [6.45, 7) is 12.8. The molecule has 1 aromatic rings. The van der Waals surface area contributed by atoms with Crippen LogP contribution in [0.15, 0.2) is 53.9 Å². The van der Waals surface area contributed by atoms with Crippen LogP contribution in [0.1, 0.15) is 132 Å². The molecule has 4 aliphatic rings. The lowest BCUT2D eigenvalue weighted by molar-refractivity contribution is -0.265. The molecule has 384 valence electrons. The second-order valence-electron chi connectivity index (χ2n) is 20.4. The van der Waals surface area contributed by atoms with E-state index in [1.165, 1.54) is 12.0 Å². The van der Waals surface area contributed by atoms with E-state index < -0.39 is 77.8 Å². The Balaban J connectivity index is 1.46. The zero-order chi connectivity index (χ0) is 50.6. The van der Waals surface area contributed by atoms with E-state index in [0.717, 1.165) is 18.4 Å². The number of rotatable bonds is 7. The maximum absolute atomic E-state index is 14.5. The normalized spacial score (nSPS) is 36.3. The van der Waals surface area contributed by atoms with Crippen molar-refractivity contribution in [3.63, 3.8) is 0 Å². The molecule has 2 bridgehead atoms. The number of esters is 1. The number of cyclic esters (lactones) is 1. The number of ether oxygens (including phenoxy) is 5. The molecule has 1 aliphatic carbocycles. The number of amides is 1. The number of aliphatic hydroxyl groups excluding tert-OH is 1. The fourth-order valence-electron chi connectivity index (χ4n) is 10.8. The lowest BCUT2D eigenvalue weighted by Crippen LogP contribution is -2.61. The third kappa shape index (κ3) is 14.2. The molecule has 3 fully saturated rings. The van der Waals surface area contributed by atoms with Gasteiger partial charge in [0.15, 0.2) is 11.6 Å². The summed E-state index contributed by atoms with van der Waals surface area (Å²) in [6.07, 6.45) is 14.0. The highest BCUT2D eigenvalue weighted by molar-refractivity contribution is 6.39. The number of piperidine rings is 1. The van der Waals surface area contributed by atoms with Gasteiger partial charge in [-0.2, -0.15) is 0 Å². The highest BCUT2D eigenvalue weighted by Gasteiger charge is 2.53. The van der Waals surface area contributed by atoms with E-state index in [1.807, 2.05) is 58.1 Å². The van der Waals surface area contributed by atoms with Crippen molar-refractivity contribution in [3.05, 3.63) is 53.9 Å². The molecule has 2 saturated heterocycles. The summed E-state index contributed by atoms with van der Waals surface area (Å²) < 4.78 is 31.6. The minimum Gasteiger partial charge on any atom is -0.460 e. The molecule has 4 unspecified atom stereocenters. The van der Waals surface area contributed by atoms with Gasteiger partial charge in [-0.1, -0.05) is 71.1 Å². The molecule has 1 amide bonds. The number of hydrogen-bond donors (Lipinski definition) is 2. The van der Waals surface area contributed by atoms with Crippen LogP contribution in [-0.2, 0) is 47.7 Å². The number of hydrogen-bond acceptors (Lipinski definition) is 15. The van der Waals surface area contributed by atoms with Crippen molar-refractivity contribution in [2.45, 2.75) is 180 Å². The third-order valence-corrected chi connectivity index (χ3v) is 15.2. The molecule has 3 aliphatic heterocycles. The number of methoxy groups -OCH3 is 3. The monoisotopic (exact) mass is 966 g/mol. The quantitative estimate of drug-likeness (QED) is 0.235. The van der Waals surface area contributed by atoms with Gasteiger partial charge in [-0.05, 0) is 117 Å². The average molecular weight is 966 g/mol. The van der Waals surface area contributed by atoms with E-state index in [9.17, 15) is 34.2 Å². The van der Waals surface area contributed by atoms with Crippen molar-refractivity contribution < 1.29 is 57.9 Å². The first kappa shape index (κ1) is 55.7. The van der Waals surface area contributed by atoms with Crippen LogP contribution in [0.5, 0.6) is 0 Å². The zero-order valence-corrected chi connectivity index (χ0v) is 42.5. The number of carbonyl (C=O) groups is 5. The summed E-state index contributed by atoms with van der Waals surface area (Å²) >= 11 is 0. The second-order valence-corrected chi connectivity index (χ2v) is 20.4. The minimum absolute atomic E-state index is 0.0197. The Hall–Kier alpha value is -4.26. The fourth-order valence-corrected chi connectivity index (χ4v) is 10.8. The van der Waals surface area contributed by atoms with Gasteiger partial charge in [0.2, 0.25) is 5.79 Å². The van der Waals surface area contributed by atoms with Gasteiger partial charge in [-0.15, -0.1) is 5.10 Å². The first-order valence-corrected chi connectivity index (χ1v) is 25.0. The van der Waals surface area contributed by atoms with Gasteiger partial charge in [-0.3, -0.25) is 19.2 Å². The number of nitrogens with zero attached hydrogens (tertiary/aromatic N) is 5. The Bertz CT molecular complexity index is 2020.